The molecule has 0 heterocycles. The average Bonchev–Trinajstić information content (AvgIpc) is 2.65. The fourth-order valence-electron chi connectivity index (χ4n) is 3.43. The molecule has 2 atom stereocenters. The Kier molecular flexibility index (Phi) is 8.00. The van der Waals surface area contributed by atoms with E-state index in [0.29, 0.717) is 0 Å². The highest BCUT2D eigenvalue weighted by Crippen LogP contribution is 2.31. The largest absolute Gasteiger partial charge is 0.415 e. The van der Waals surface area contributed by atoms with Crippen LogP contribution in [0.3, 0.4) is 0 Å². The zero-order valence-electron chi connectivity index (χ0n) is 17.6. The van der Waals surface area contributed by atoms with Gasteiger partial charge in [-0.1, -0.05) is 74.5 Å². The van der Waals surface area contributed by atoms with E-state index in [0.717, 1.165) is 12.8 Å². The molecule has 0 aliphatic carbocycles. The molecule has 0 saturated carbocycles. The molecule has 0 aliphatic heterocycles. The van der Waals surface area contributed by atoms with Crippen molar-refractivity contribution in [3.8, 4) is 0 Å². The van der Waals surface area contributed by atoms with Gasteiger partial charge in [0.25, 0.3) is 0 Å². The van der Waals surface area contributed by atoms with Gasteiger partial charge in [0.15, 0.2) is 0 Å². The summed E-state index contributed by atoms with van der Waals surface area (Å²) >= 11 is 0. The van der Waals surface area contributed by atoms with E-state index in [4.69, 9.17) is 13.0 Å². The smallest absolute Gasteiger partial charge is 0.323 e. The topological polar surface area (TPSA) is 27.7 Å². The Hall–Kier alpha value is -1.25. The second-order valence-electron chi connectivity index (χ2n) is 7.75. The Morgan fingerprint density at radius 3 is 1.26 bits per heavy atom. The van der Waals surface area contributed by atoms with Crippen molar-refractivity contribution in [3.05, 3.63) is 71.8 Å². The van der Waals surface area contributed by atoms with Crippen LogP contribution in [0.4, 0.5) is 0 Å². The van der Waals surface area contributed by atoms with Crippen LogP contribution in [0.5, 0.6) is 0 Å². The minimum atomic E-state index is -2.35. The zero-order chi connectivity index (χ0) is 19.9. The first-order valence-electron chi connectivity index (χ1n) is 9.92. The molecule has 0 N–H and O–H groups in total. The second-order valence-corrected chi connectivity index (χ2v) is 14.6. The number of benzene rings is 2. The zero-order valence-corrected chi connectivity index (χ0v) is 19.6. The molecule has 148 valence electrons. The molecule has 0 spiro atoms. The molecular formula is C22H34O3Si2. The molecule has 0 fully saturated rings. The maximum atomic E-state index is 6.57. The van der Waals surface area contributed by atoms with Crippen molar-refractivity contribution in [1.82, 2.24) is 0 Å². The van der Waals surface area contributed by atoms with E-state index in [-0.39, 0.29) is 12.2 Å². The summed E-state index contributed by atoms with van der Waals surface area (Å²) in [6, 6.07) is 20.8. The summed E-state index contributed by atoms with van der Waals surface area (Å²) in [5.74, 6) is 0. The van der Waals surface area contributed by atoms with Gasteiger partial charge < -0.3 is 13.0 Å². The molecule has 0 radical (unpaired) electrons. The Labute approximate surface area is 167 Å². The third-order valence-electron chi connectivity index (χ3n) is 4.43. The maximum absolute atomic E-state index is 6.57. The third-order valence-corrected chi connectivity index (χ3v) is 10.1. The highest BCUT2D eigenvalue weighted by molar-refractivity contribution is 6.78. The van der Waals surface area contributed by atoms with Crippen LogP contribution in [0.1, 0.15) is 50.0 Å². The van der Waals surface area contributed by atoms with Crippen molar-refractivity contribution in [2.24, 2.45) is 0 Å². The number of rotatable bonds is 10. The lowest BCUT2D eigenvalue weighted by Gasteiger charge is -2.37. The van der Waals surface area contributed by atoms with Crippen LogP contribution >= 0.6 is 0 Å². The van der Waals surface area contributed by atoms with E-state index in [9.17, 15) is 0 Å². The molecule has 0 bridgehead atoms. The van der Waals surface area contributed by atoms with E-state index in [1.807, 2.05) is 12.1 Å². The van der Waals surface area contributed by atoms with Gasteiger partial charge in [0.1, 0.15) is 0 Å². The molecule has 2 rings (SSSR count). The summed E-state index contributed by atoms with van der Waals surface area (Å²) in [5, 5.41) is 0. The molecule has 2 aromatic rings. The molecule has 0 saturated heterocycles. The van der Waals surface area contributed by atoms with Crippen LogP contribution in [-0.2, 0) is 13.0 Å². The predicted octanol–water partition coefficient (Wildman–Crippen LogP) is 6.74. The standard InChI is InChI=1S/C22H34O3Si2/c1-7-21(19-15-11-9-12-16-19)23-26(3,4)25-27(5,6)24-22(8-2)20-17-13-10-14-18-20/h9-18,21-22H,7-8H2,1-6H3. The van der Waals surface area contributed by atoms with Crippen molar-refractivity contribution in [2.45, 2.75) is 65.1 Å². The Morgan fingerprint density at radius 1 is 0.630 bits per heavy atom. The molecule has 3 nitrogen and oxygen atoms in total. The van der Waals surface area contributed by atoms with Gasteiger partial charge >= 0.3 is 17.1 Å². The lowest BCUT2D eigenvalue weighted by atomic mass is 10.1. The monoisotopic (exact) mass is 402 g/mol. The molecule has 0 aliphatic rings. The molecule has 2 aromatic carbocycles. The molecular weight excluding hydrogens is 368 g/mol. The average molecular weight is 403 g/mol. The summed E-state index contributed by atoms with van der Waals surface area (Å²) in [4.78, 5) is 0. The minimum absolute atomic E-state index is 0.0637. The molecule has 5 heteroatoms. The van der Waals surface area contributed by atoms with Crippen molar-refractivity contribution in [2.75, 3.05) is 0 Å². The number of hydrogen-bond donors (Lipinski definition) is 0. The van der Waals surface area contributed by atoms with Gasteiger partial charge in [0.2, 0.25) is 0 Å². The highest BCUT2D eigenvalue weighted by Gasteiger charge is 2.39. The van der Waals surface area contributed by atoms with Gasteiger partial charge in [-0.2, -0.15) is 0 Å². The van der Waals surface area contributed by atoms with Gasteiger partial charge in [0, 0.05) is 0 Å². The molecule has 0 aromatic heterocycles. The van der Waals surface area contributed by atoms with Gasteiger partial charge in [-0.15, -0.1) is 0 Å². The van der Waals surface area contributed by atoms with Gasteiger partial charge in [-0.25, -0.2) is 0 Å². The Bertz CT molecular complexity index is 615. The lowest BCUT2D eigenvalue weighted by Crippen LogP contribution is -2.49. The Balaban J connectivity index is 2.05. The van der Waals surface area contributed by atoms with Crippen LogP contribution in [0.2, 0.25) is 26.2 Å². The number of hydrogen-bond acceptors (Lipinski definition) is 3. The first-order valence-corrected chi connectivity index (χ1v) is 15.6. The summed E-state index contributed by atoms with van der Waals surface area (Å²) in [6.45, 7) is 12.8. The molecule has 27 heavy (non-hydrogen) atoms. The fourth-order valence-corrected chi connectivity index (χ4v) is 10.5. The lowest BCUT2D eigenvalue weighted by molar-refractivity contribution is 0.115. The van der Waals surface area contributed by atoms with E-state index in [1.165, 1.54) is 11.1 Å². The SMILES string of the molecule is CCC(O[Si](C)(C)O[Si](C)(C)OC(CC)c1ccccc1)c1ccccc1. The van der Waals surface area contributed by atoms with Crippen LogP contribution in [0.15, 0.2) is 60.7 Å². The van der Waals surface area contributed by atoms with E-state index in [2.05, 4.69) is 88.6 Å². The first-order chi connectivity index (χ1) is 12.8. The predicted molar refractivity (Wildman–Crippen MR) is 117 cm³/mol. The normalized spacial score (nSPS) is 14.7. The van der Waals surface area contributed by atoms with Gasteiger partial charge in [-0.05, 0) is 50.2 Å². The van der Waals surface area contributed by atoms with Crippen molar-refractivity contribution >= 4 is 17.1 Å². The van der Waals surface area contributed by atoms with Crippen molar-refractivity contribution < 1.29 is 13.0 Å². The summed E-state index contributed by atoms with van der Waals surface area (Å²) in [6.07, 6.45) is 1.98. The molecule has 0 amide bonds. The van der Waals surface area contributed by atoms with E-state index < -0.39 is 17.1 Å². The van der Waals surface area contributed by atoms with Crippen LogP contribution in [0.25, 0.3) is 0 Å². The highest BCUT2D eigenvalue weighted by atomic mass is 28.5. The summed E-state index contributed by atoms with van der Waals surface area (Å²) in [5.41, 5.74) is 2.42. The summed E-state index contributed by atoms with van der Waals surface area (Å²) < 4.78 is 19.6. The van der Waals surface area contributed by atoms with Crippen LogP contribution < -0.4 is 0 Å². The fraction of sp³-hybridized carbons (Fsp3) is 0.455. The second kappa shape index (κ2) is 9.80. The van der Waals surface area contributed by atoms with E-state index in [1.54, 1.807) is 0 Å². The molecule has 2 unspecified atom stereocenters. The third kappa shape index (κ3) is 7.01. The minimum Gasteiger partial charge on any atom is -0.415 e. The quantitative estimate of drug-likeness (QED) is 0.412. The Morgan fingerprint density at radius 2 is 0.963 bits per heavy atom. The van der Waals surface area contributed by atoms with Gasteiger partial charge in [0.05, 0.1) is 12.2 Å². The van der Waals surface area contributed by atoms with E-state index >= 15 is 0 Å². The van der Waals surface area contributed by atoms with Crippen LogP contribution in [-0.4, -0.2) is 17.1 Å². The van der Waals surface area contributed by atoms with Gasteiger partial charge in [-0.3, -0.25) is 0 Å². The van der Waals surface area contributed by atoms with Crippen molar-refractivity contribution in [1.29, 1.82) is 0 Å². The summed E-state index contributed by atoms with van der Waals surface area (Å²) in [7, 11) is -4.70. The van der Waals surface area contributed by atoms with Crippen molar-refractivity contribution in [3.63, 3.8) is 0 Å². The van der Waals surface area contributed by atoms with Crippen LogP contribution in [0, 0.1) is 0 Å². The first kappa shape index (κ1) is 22.0. The maximum Gasteiger partial charge on any atom is 0.323 e.